The molecule has 1 fully saturated rings. The number of hydrazone groups is 1. The van der Waals surface area contributed by atoms with Crippen LogP contribution in [0.2, 0.25) is 0 Å². The Hall–Kier alpha value is -2.88. The summed E-state index contributed by atoms with van der Waals surface area (Å²) in [5, 5.41) is 6.14. The molecule has 2 aliphatic rings. The summed E-state index contributed by atoms with van der Waals surface area (Å²) in [6.45, 7) is 2.01. The van der Waals surface area contributed by atoms with E-state index in [2.05, 4.69) is 10.0 Å². The third-order valence-electron chi connectivity index (χ3n) is 4.38. The lowest BCUT2D eigenvalue weighted by Crippen LogP contribution is -2.23. The predicted molar refractivity (Wildman–Crippen MR) is 95.8 cm³/mol. The van der Waals surface area contributed by atoms with Gasteiger partial charge in [0.15, 0.2) is 0 Å². The van der Waals surface area contributed by atoms with E-state index < -0.39 is 0 Å². The highest BCUT2D eigenvalue weighted by Gasteiger charge is 2.32. The van der Waals surface area contributed by atoms with Crippen LogP contribution in [0.15, 0.2) is 77.5 Å². The van der Waals surface area contributed by atoms with Crippen molar-refractivity contribution in [2.24, 2.45) is 5.10 Å². The van der Waals surface area contributed by atoms with Crippen molar-refractivity contribution in [3.8, 4) is 0 Å². The highest BCUT2D eigenvalue weighted by atomic mass is 16.2. The van der Waals surface area contributed by atoms with E-state index in [1.165, 1.54) is 17.9 Å². The van der Waals surface area contributed by atoms with Gasteiger partial charge in [-0.1, -0.05) is 48.5 Å². The lowest BCUT2D eigenvalue weighted by atomic mass is 10.0. The number of benzene rings is 2. The zero-order valence-electron chi connectivity index (χ0n) is 13.4. The van der Waals surface area contributed by atoms with Crippen molar-refractivity contribution in [2.75, 3.05) is 18.1 Å². The fourth-order valence-electron chi connectivity index (χ4n) is 3.14. The summed E-state index contributed by atoms with van der Waals surface area (Å²) in [5.41, 5.74) is 3.18. The molecule has 24 heavy (non-hydrogen) atoms. The van der Waals surface area contributed by atoms with Crippen molar-refractivity contribution in [1.29, 1.82) is 0 Å². The van der Waals surface area contributed by atoms with Crippen molar-refractivity contribution in [3.63, 3.8) is 0 Å². The zero-order chi connectivity index (χ0) is 16.4. The lowest BCUT2D eigenvalue weighted by molar-refractivity contribution is -0.114. The Kier molecular flexibility index (Phi) is 3.87. The molecule has 120 valence electrons. The van der Waals surface area contributed by atoms with E-state index in [1.54, 1.807) is 0 Å². The summed E-state index contributed by atoms with van der Waals surface area (Å²) < 4.78 is 0. The number of para-hydroxylation sites is 1. The molecule has 0 unspecified atom stereocenters. The summed E-state index contributed by atoms with van der Waals surface area (Å²) >= 11 is 0. The fraction of sp³-hybridized carbons (Fsp3) is 0.200. The van der Waals surface area contributed by atoms with Crippen molar-refractivity contribution in [1.82, 2.24) is 4.90 Å². The van der Waals surface area contributed by atoms with Gasteiger partial charge in [-0.2, -0.15) is 10.1 Å². The van der Waals surface area contributed by atoms with Gasteiger partial charge in [-0.25, -0.2) is 0 Å². The second kappa shape index (κ2) is 6.32. The molecule has 0 spiro atoms. The average Bonchev–Trinajstić information content (AvgIpc) is 3.26. The third kappa shape index (κ3) is 2.71. The molecule has 2 aliphatic heterocycles. The Bertz CT molecular complexity index is 790. The third-order valence-corrected chi connectivity index (χ3v) is 4.38. The van der Waals surface area contributed by atoms with E-state index in [4.69, 9.17) is 0 Å². The van der Waals surface area contributed by atoms with Crippen LogP contribution in [0.25, 0.3) is 0 Å². The van der Waals surface area contributed by atoms with Crippen LogP contribution in [0.4, 0.5) is 5.69 Å². The van der Waals surface area contributed by atoms with Gasteiger partial charge in [0.1, 0.15) is 5.71 Å². The maximum atomic E-state index is 13.0. The minimum absolute atomic E-state index is 0.0630. The smallest absolute Gasteiger partial charge is 0.282 e. The van der Waals surface area contributed by atoms with E-state index >= 15 is 0 Å². The molecule has 0 N–H and O–H groups in total. The number of carbonyl (C=O) groups is 1. The molecule has 0 aromatic heterocycles. The summed E-state index contributed by atoms with van der Waals surface area (Å²) in [7, 11) is 0. The number of likely N-dealkylation sites (tertiary alicyclic amines) is 1. The van der Waals surface area contributed by atoms with E-state index in [0.29, 0.717) is 5.57 Å². The first-order valence-corrected chi connectivity index (χ1v) is 8.33. The first-order valence-electron chi connectivity index (χ1n) is 8.33. The molecule has 0 radical (unpaired) electrons. The van der Waals surface area contributed by atoms with Gasteiger partial charge >= 0.3 is 0 Å². The van der Waals surface area contributed by atoms with Crippen LogP contribution < -0.4 is 5.01 Å². The minimum Gasteiger partial charge on any atom is -0.377 e. The molecule has 0 saturated carbocycles. The Morgan fingerprint density at radius 2 is 1.50 bits per heavy atom. The maximum absolute atomic E-state index is 13.0. The maximum Gasteiger partial charge on any atom is 0.282 e. The van der Waals surface area contributed by atoms with Gasteiger partial charge in [-0.05, 0) is 25.0 Å². The van der Waals surface area contributed by atoms with Gasteiger partial charge in [-0.3, -0.25) is 4.79 Å². The standard InChI is InChI=1S/C20H19N3O/c24-20-18(15-22-13-7-8-14-22)19(16-9-3-1-4-10-16)21-23(20)17-11-5-2-6-12-17/h1-6,9-12,15H,7-8,13-14H2/b18-15+. The fourth-order valence-corrected chi connectivity index (χ4v) is 3.14. The highest BCUT2D eigenvalue weighted by Crippen LogP contribution is 2.27. The van der Waals surface area contributed by atoms with E-state index in [1.807, 2.05) is 66.9 Å². The quantitative estimate of drug-likeness (QED) is 0.813. The summed E-state index contributed by atoms with van der Waals surface area (Å²) in [5.74, 6) is -0.0630. The molecule has 2 aromatic carbocycles. The number of hydrogen-bond acceptors (Lipinski definition) is 3. The molecule has 4 rings (SSSR count). The molecular formula is C20H19N3O. The Labute approximate surface area is 141 Å². The largest absolute Gasteiger partial charge is 0.377 e. The van der Waals surface area contributed by atoms with Gasteiger partial charge in [-0.15, -0.1) is 0 Å². The van der Waals surface area contributed by atoms with Crippen molar-refractivity contribution in [2.45, 2.75) is 12.8 Å². The Morgan fingerprint density at radius 3 is 2.17 bits per heavy atom. The summed E-state index contributed by atoms with van der Waals surface area (Å²) in [4.78, 5) is 15.2. The Balaban J connectivity index is 1.77. The molecule has 1 saturated heterocycles. The molecule has 0 bridgehead atoms. The second-order valence-corrected chi connectivity index (χ2v) is 6.05. The van der Waals surface area contributed by atoms with Crippen LogP contribution in [0.5, 0.6) is 0 Å². The van der Waals surface area contributed by atoms with Crippen LogP contribution in [-0.4, -0.2) is 29.6 Å². The zero-order valence-corrected chi connectivity index (χ0v) is 13.4. The molecule has 0 aliphatic carbocycles. The molecule has 4 heteroatoms. The number of carbonyl (C=O) groups excluding carboxylic acids is 1. The van der Waals surface area contributed by atoms with E-state index in [0.717, 1.165) is 30.1 Å². The molecule has 2 heterocycles. The van der Waals surface area contributed by atoms with Crippen LogP contribution in [0.1, 0.15) is 18.4 Å². The molecule has 1 amide bonds. The first-order chi connectivity index (χ1) is 11.8. The average molecular weight is 317 g/mol. The number of nitrogens with zero attached hydrogens (tertiary/aromatic N) is 3. The van der Waals surface area contributed by atoms with E-state index in [9.17, 15) is 4.79 Å². The number of rotatable bonds is 3. The van der Waals surface area contributed by atoms with Crippen LogP contribution in [-0.2, 0) is 4.79 Å². The topological polar surface area (TPSA) is 35.9 Å². The van der Waals surface area contributed by atoms with Crippen molar-refractivity contribution in [3.05, 3.63) is 78.0 Å². The number of amides is 1. The predicted octanol–water partition coefficient (Wildman–Crippen LogP) is 3.42. The lowest BCUT2D eigenvalue weighted by Gasteiger charge is -2.14. The monoisotopic (exact) mass is 317 g/mol. The van der Waals surface area contributed by atoms with Gasteiger partial charge in [0.05, 0.1) is 11.3 Å². The summed E-state index contributed by atoms with van der Waals surface area (Å²) in [6, 6.07) is 19.5. The van der Waals surface area contributed by atoms with Crippen molar-refractivity contribution >= 4 is 17.3 Å². The minimum atomic E-state index is -0.0630. The van der Waals surface area contributed by atoms with E-state index in [-0.39, 0.29) is 5.91 Å². The van der Waals surface area contributed by atoms with Gasteiger partial charge < -0.3 is 4.90 Å². The Morgan fingerprint density at radius 1 is 0.875 bits per heavy atom. The van der Waals surface area contributed by atoms with Gasteiger partial charge in [0.25, 0.3) is 5.91 Å². The molecular weight excluding hydrogens is 298 g/mol. The number of hydrogen-bond donors (Lipinski definition) is 0. The molecule has 2 aromatic rings. The number of anilines is 1. The van der Waals surface area contributed by atoms with Crippen LogP contribution in [0.3, 0.4) is 0 Å². The normalized spacial score (nSPS) is 19.2. The van der Waals surface area contributed by atoms with Gasteiger partial charge in [0.2, 0.25) is 0 Å². The molecule has 4 nitrogen and oxygen atoms in total. The van der Waals surface area contributed by atoms with Crippen LogP contribution >= 0.6 is 0 Å². The van der Waals surface area contributed by atoms with Gasteiger partial charge in [0, 0.05) is 24.9 Å². The van der Waals surface area contributed by atoms with Crippen LogP contribution in [0, 0.1) is 0 Å². The SMILES string of the molecule is O=C1/C(=C/N2CCCC2)C(c2ccccc2)=NN1c1ccccc1. The first kappa shape index (κ1) is 14.7. The highest BCUT2D eigenvalue weighted by molar-refractivity contribution is 6.35. The molecule has 0 atom stereocenters. The van der Waals surface area contributed by atoms with Crippen molar-refractivity contribution < 1.29 is 4.79 Å². The summed E-state index contributed by atoms with van der Waals surface area (Å²) in [6.07, 6.45) is 4.35. The second-order valence-electron chi connectivity index (χ2n) is 6.05.